The van der Waals surface area contributed by atoms with Crippen molar-refractivity contribution in [1.82, 2.24) is 24.0 Å². The van der Waals surface area contributed by atoms with E-state index in [0.717, 1.165) is 16.7 Å². The summed E-state index contributed by atoms with van der Waals surface area (Å²) >= 11 is 0. The van der Waals surface area contributed by atoms with Gasteiger partial charge in [0.15, 0.2) is 5.65 Å². The lowest BCUT2D eigenvalue weighted by Gasteiger charge is -2.02. The Morgan fingerprint density at radius 2 is 1.87 bits per heavy atom. The highest BCUT2D eigenvalue weighted by atomic mass is 16.2. The Labute approximate surface area is 132 Å². The molecule has 0 amide bonds. The first-order chi connectivity index (χ1) is 11.2. The van der Waals surface area contributed by atoms with Crippen molar-refractivity contribution in [1.29, 1.82) is 0 Å². The van der Waals surface area contributed by atoms with E-state index in [-0.39, 0.29) is 5.69 Å². The molecule has 0 fully saturated rings. The summed E-state index contributed by atoms with van der Waals surface area (Å²) in [5.41, 5.74) is 3.73. The number of aromatic nitrogens is 5. The van der Waals surface area contributed by atoms with Crippen LogP contribution in [0.5, 0.6) is 0 Å². The van der Waals surface area contributed by atoms with Crippen molar-refractivity contribution < 1.29 is 0 Å². The van der Waals surface area contributed by atoms with Gasteiger partial charge in [-0.3, -0.25) is 9.08 Å². The third-order valence-electron chi connectivity index (χ3n) is 3.81. The van der Waals surface area contributed by atoms with E-state index in [1.807, 2.05) is 61.9 Å². The van der Waals surface area contributed by atoms with Crippen LogP contribution in [0.3, 0.4) is 0 Å². The smallest absolute Gasteiger partial charge is 0.275 e. The summed E-state index contributed by atoms with van der Waals surface area (Å²) in [6.45, 7) is 0.452. The Bertz CT molecular complexity index is 1020. The third kappa shape index (κ3) is 2.44. The molecule has 0 radical (unpaired) electrons. The largest absolute Gasteiger partial charge is 0.350 e. The zero-order valence-corrected chi connectivity index (χ0v) is 12.6. The van der Waals surface area contributed by atoms with E-state index in [1.165, 1.54) is 4.68 Å². The lowest BCUT2D eigenvalue weighted by molar-refractivity contribution is 0.659. The number of hydrogen-bond acceptors (Lipinski definition) is 3. The molecule has 4 aromatic rings. The predicted octanol–water partition coefficient (Wildman–Crippen LogP) is 1.94. The number of benzene rings is 1. The van der Waals surface area contributed by atoms with E-state index >= 15 is 0 Å². The molecule has 114 valence electrons. The van der Waals surface area contributed by atoms with Crippen LogP contribution in [0.4, 0.5) is 0 Å². The lowest BCUT2D eigenvalue weighted by atomic mass is 10.1. The minimum atomic E-state index is -0.128. The number of hydrogen-bond donors (Lipinski definition) is 0. The van der Waals surface area contributed by atoms with E-state index in [2.05, 4.69) is 10.2 Å². The van der Waals surface area contributed by atoms with E-state index in [9.17, 15) is 4.79 Å². The first kappa shape index (κ1) is 13.5. The first-order valence-corrected chi connectivity index (χ1v) is 7.33. The highest BCUT2D eigenvalue weighted by Crippen LogP contribution is 2.18. The molecule has 0 saturated heterocycles. The SMILES string of the molecule is Cn1cc(-c2ccc(Cn3nc4ccccn4c3=O)cc2)cn1. The molecule has 0 N–H and O–H groups in total. The molecule has 0 spiro atoms. The summed E-state index contributed by atoms with van der Waals surface area (Å²) in [7, 11) is 1.90. The summed E-state index contributed by atoms with van der Waals surface area (Å²) in [4.78, 5) is 12.3. The fraction of sp³-hybridized carbons (Fsp3) is 0.118. The van der Waals surface area contributed by atoms with Crippen molar-refractivity contribution in [3.8, 4) is 11.1 Å². The maximum Gasteiger partial charge on any atom is 0.350 e. The van der Waals surface area contributed by atoms with Crippen molar-refractivity contribution in [2.24, 2.45) is 7.05 Å². The summed E-state index contributed by atoms with van der Waals surface area (Å²) in [5, 5.41) is 8.52. The zero-order valence-electron chi connectivity index (χ0n) is 12.6. The van der Waals surface area contributed by atoms with E-state index in [0.29, 0.717) is 12.2 Å². The van der Waals surface area contributed by atoms with Crippen molar-refractivity contribution in [2.45, 2.75) is 6.54 Å². The van der Waals surface area contributed by atoms with Crippen molar-refractivity contribution in [2.75, 3.05) is 0 Å². The molecule has 0 unspecified atom stereocenters. The molecule has 1 aromatic carbocycles. The third-order valence-corrected chi connectivity index (χ3v) is 3.81. The molecule has 0 saturated carbocycles. The van der Waals surface area contributed by atoms with Crippen LogP contribution in [0.1, 0.15) is 5.56 Å². The molecule has 4 rings (SSSR count). The van der Waals surface area contributed by atoms with Gasteiger partial charge in [-0.2, -0.15) is 5.10 Å². The summed E-state index contributed by atoms with van der Waals surface area (Å²) in [5.74, 6) is 0. The maximum atomic E-state index is 12.3. The van der Waals surface area contributed by atoms with Gasteiger partial charge in [0.05, 0.1) is 12.7 Å². The molecule has 6 nitrogen and oxygen atoms in total. The van der Waals surface area contributed by atoms with Gasteiger partial charge in [0.25, 0.3) is 0 Å². The van der Waals surface area contributed by atoms with Gasteiger partial charge >= 0.3 is 5.69 Å². The predicted molar refractivity (Wildman–Crippen MR) is 87.2 cm³/mol. The molecular formula is C17H15N5O. The molecule has 0 aliphatic heterocycles. The average Bonchev–Trinajstić information content (AvgIpc) is 3.13. The molecule has 23 heavy (non-hydrogen) atoms. The molecule has 0 aliphatic carbocycles. The Balaban J connectivity index is 1.63. The molecule has 6 heteroatoms. The Morgan fingerprint density at radius 1 is 1.04 bits per heavy atom. The fourth-order valence-electron chi connectivity index (χ4n) is 2.62. The van der Waals surface area contributed by atoms with E-state index < -0.39 is 0 Å². The lowest BCUT2D eigenvalue weighted by Crippen LogP contribution is -2.21. The molecule has 0 aliphatic rings. The van der Waals surface area contributed by atoms with Gasteiger partial charge in [-0.15, -0.1) is 5.10 Å². The van der Waals surface area contributed by atoms with Gasteiger partial charge in [-0.1, -0.05) is 30.3 Å². The molecule has 0 bridgehead atoms. The van der Waals surface area contributed by atoms with Crippen LogP contribution in [0.15, 0.2) is 65.8 Å². The second kappa shape index (κ2) is 5.24. The fourth-order valence-corrected chi connectivity index (χ4v) is 2.62. The number of aryl methyl sites for hydroxylation is 1. The normalized spacial score (nSPS) is 11.2. The molecule has 3 aromatic heterocycles. The summed E-state index contributed by atoms with van der Waals surface area (Å²) in [6, 6.07) is 13.6. The Hall–Kier alpha value is -3.15. The van der Waals surface area contributed by atoms with E-state index in [1.54, 1.807) is 15.3 Å². The zero-order chi connectivity index (χ0) is 15.8. The van der Waals surface area contributed by atoms with Crippen LogP contribution in [-0.2, 0) is 13.6 Å². The van der Waals surface area contributed by atoms with Gasteiger partial charge in [0.2, 0.25) is 0 Å². The first-order valence-electron chi connectivity index (χ1n) is 7.33. The van der Waals surface area contributed by atoms with Crippen molar-refractivity contribution in [3.05, 3.63) is 77.1 Å². The molecular weight excluding hydrogens is 290 g/mol. The minimum absolute atomic E-state index is 0.128. The molecule has 0 atom stereocenters. The summed E-state index contributed by atoms with van der Waals surface area (Å²) in [6.07, 6.45) is 5.54. The van der Waals surface area contributed by atoms with Crippen molar-refractivity contribution in [3.63, 3.8) is 0 Å². The minimum Gasteiger partial charge on any atom is -0.275 e. The highest BCUT2D eigenvalue weighted by molar-refractivity contribution is 5.61. The topological polar surface area (TPSA) is 57.1 Å². The van der Waals surface area contributed by atoms with Gasteiger partial charge in [-0.05, 0) is 23.3 Å². The molecule has 3 heterocycles. The monoisotopic (exact) mass is 305 g/mol. The number of nitrogens with zero attached hydrogens (tertiary/aromatic N) is 5. The average molecular weight is 305 g/mol. The Kier molecular flexibility index (Phi) is 3.08. The second-order valence-electron chi connectivity index (χ2n) is 5.47. The van der Waals surface area contributed by atoms with Crippen LogP contribution in [0.25, 0.3) is 16.8 Å². The number of pyridine rings is 1. The number of fused-ring (bicyclic) bond motifs is 1. The van der Waals surface area contributed by atoms with E-state index in [4.69, 9.17) is 0 Å². The summed E-state index contributed by atoms with van der Waals surface area (Å²) < 4.78 is 4.80. The van der Waals surface area contributed by atoms with Crippen LogP contribution in [0.2, 0.25) is 0 Å². The quantitative estimate of drug-likeness (QED) is 0.581. The van der Waals surface area contributed by atoms with Crippen molar-refractivity contribution >= 4 is 5.65 Å². The van der Waals surface area contributed by atoms with Gasteiger partial charge in [0.1, 0.15) is 0 Å². The standard InChI is InChI=1S/C17H15N5O/c1-20-12-15(10-18-20)14-7-5-13(6-8-14)11-22-17(23)21-9-3-2-4-16(21)19-22/h2-10,12H,11H2,1H3. The van der Waals surface area contributed by atoms with Crippen LogP contribution < -0.4 is 5.69 Å². The number of rotatable bonds is 3. The van der Waals surface area contributed by atoms with Gasteiger partial charge in [-0.25, -0.2) is 9.48 Å². The Morgan fingerprint density at radius 3 is 2.57 bits per heavy atom. The van der Waals surface area contributed by atoms with Crippen LogP contribution >= 0.6 is 0 Å². The second-order valence-corrected chi connectivity index (χ2v) is 5.47. The van der Waals surface area contributed by atoms with Crippen LogP contribution in [0, 0.1) is 0 Å². The van der Waals surface area contributed by atoms with Gasteiger partial charge < -0.3 is 0 Å². The maximum absolute atomic E-state index is 12.3. The van der Waals surface area contributed by atoms with Gasteiger partial charge in [0, 0.05) is 25.0 Å². The van der Waals surface area contributed by atoms with Crippen LogP contribution in [-0.4, -0.2) is 24.0 Å². The highest BCUT2D eigenvalue weighted by Gasteiger charge is 2.07.